The van der Waals surface area contributed by atoms with Gasteiger partial charge in [-0.05, 0) is 11.1 Å². The van der Waals surface area contributed by atoms with Crippen LogP contribution in [0.4, 0.5) is 0 Å². The zero-order chi connectivity index (χ0) is 10.3. The zero-order valence-corrected chi connectivity index (χ0v) is 12.3. The van der Waals surface area contributed by atoms with Gasteiger partial charge in [0.2, 0.25) is 0 Å². The maximum absolute atomic E-state index is 5.61. The molecule has 0 atom stereocenters. The first kappa shape index (κ1) is 13.1. The molecule has 0 heterocycles. The van der Waals surface area contributed by atoms with Crippen LogP contribution in [0.15, 0.2) is 60.7 Å². The Hall–Kier alpha value is -0.977. The third kappa shape index (κ3) is 4.26. The summed E-state index contributed by atoms with van der Waals surface area (Å²) in [6, 6.07) is 20.4. The molecule has 0 aromatic heterocycles. The van der Waals surface area contributed by atoms with Crippen molar-refractivity contribution in [3.8, 4) is 0 Å². The maximum Gasteiger partial charge on any atom is 0.0721 e. The van der Waals surface area contributed by atoms with E-state index in [-0.39, 0.29) is 19.5 Å². The van der Waals surface area contributed by atoms with E-state index in [1.165, 1.54) is 11.1 Å². The molecule has 2 aromatic rings. The average molecular weight is 264 g/mol. The minimum absolute atomic E-state index is 0. The van der Waals surface area contributed by atoms with Crippen molar-refractivity contribution in [2.24, 2.45) is 0 Å². The fourth-order valence-corrected chi connectivity index (χ4v) is 1.44. The molecule has 78 valence electrons. The minimum atomic E-state index is 0. The van der Waals surface area contributed by atoms with Crippen molar-refractivity contribution < 1.29 is 24.2 Å². The van der Waals surface area contributed by atoms with Crippen LogP contribution < -0.4 is 0 Å². The molecule has 0 bridgehead atoms. The van der Waals surface area contributed by atoms with E-state index < -0.39 is 0 Å². The Labute approximate surface area is 109 Å². The van der Waals surface area contributed by atoms with Gasteiger partial charge in [-0.25, -0.2) is 0 Å². The summed E-state index contributed by atoms with van der Waals surface area (Å²) in [5.74, 6) is 0. The number of benzene rings is 2. The van der Waals surface area contributed by atoms with Crippen LogP contribution in [0.25, 0.3) is 0 Å². The average Bonchev–Trinajstić information content (AvgIpc) is 2.32. The summed E-state index contributed by atoms with van der Waals surface area (Å²) in [4.78, 5) is 0. The number of rotatable bonds is 4. The molecule has 1 nitrogen and oxygen atoms in total. The van der Waals surface area contributed by atoms with Crippen LogP contribution in [-0.4, -0.2) is 0 Å². The van der Waals surface area contributed by atoms with Gasteiger partial charge < -0.3 is 4.74 Å². The van der Waals surface area contributed by atoms with Crippen LogP contribution in [0.2, 0.25) is 0 Å². The fourth-order valence-electron chi connectivity index (χ4n) is 1.44. The number of hydrogen-bond acceptors (Lipinski definition) is 1. The van der Waals surface area contributed by atoms with Gasteiger partial charge in [0.05, 0.1) is 13.2 Å². The Morgan fingerprint density at radius 3 is 1.38 bits per heavy atom. The quantitative estimate of drug-likeness (QED) is 0.768. The molecule has 2 heteroatoms. The van der Waals surface area contributed by atoms with E-state index in [4.69, 9.17) is 4.74 Å². The molecule has 2 aromatic carbocycles. The molecule has 2 rings (SSSR count). The van der Waals surface area contributed by atoms with Crippen molar-refractivity contribution in [1.29, 1.82) is 0 Å². The summed E-state index contributed by atoms with van der Waals surface area (Å²) >= 11 is 0. The molecule has 0 N–H and O–H groups in total. The van der Waals surface area contributed by atoms with Crippen molar-refractivity contribution in [3.05, 3.63) is 71.8 Å². The molecule has 0 spiro atoms. The normalized spacial score (nSPS) is 9.50. The first-order chi connectivity index (χ1) is 7.45. The van der Waals surface area contributed by atoms with Gasteiger partial charge in [-0.1, -0.05) is 60.7 Å². The Bertz CT molecular complexity index is 346. The molecule has 0 aliphatic rings. The minimum Gasteiger partial charge on any atom is -0.372 e. The van der Waals surface area contributed by atoms with Gasteiger partial charge in [0.1, 0.15) is 0 Å². The maximum atomic E-state index is 5.61. The first-order valence-electron chi connectivity index (χ1n) is 5.11. The summed E-state index contributed by atoms with van der Waals surface area (Å²) in [7, 11) is 0. The van der Waals surface area contributed by atoms with E-state index in [1.54, 1.807) is 0 Å². The van der Waals surface area contributed by atoms with Crippen molar-refractivity contribution >= 4 is 0 Å². The Morgan fingerprint density at radius 1 is 0.625 bits per heavy atom. The Balaban J connectivity index is 0.00000128. The summed E-state index contributed by atoms with van der Waals surface area (Å²) in [5, 5.41) is 0. The molecule has 0 unspecified atom stereocenters. The number of ether oxygens (including phenoxy) is 1. The summed E-state index contributed by atoms with van der Waals surface area (Å²) in [6.07, 6.45) is 0. The van der Waals surface area contributed by atoms with Crippen molar-refractivity contribution in [3.63, 3.8) is 0 Å². The van der Waals surface area contributed by atoms with E-state index in [0.29, 0.717) is 13.2 Å². The molecule has 0 saturated heterocycles. The van der Waals surface area contributed by atoms with Gasteiger partial charge >= 0.3 is 0 Å². The second kappa shape index (κ2) is 7.32. The zero-order valence-electron chi connectivity index (χ0n) is 9.30. The summed E-state index contributed by atoms with van der Waals surface area (Å²) < 4.78 is 5.61. The third-order valence-electron chi connectivity index (χ3n) is 2.22. The van der Waals surface area contributed by atoms with E-state index in [2.05, 4.69) is 24.3 Å². The van der Waals surface area contributed by atoms with Gasteiger partial charge in [0.15, 0.2) is 0 Å². The van der Waals surface area contributed by atoms with Gasteiger partial charge in [0, 0.05) is 19.5 Å². The van der Waals surface area contributed by atoms with E-state index >= 15 is 0 Å². The molecular weight excluding hydrogens is 250 g/mol. The topological polar surface area (TPSA) is 9.23 Å². The molecule has 0 saturated carbocycles. The Kier molecular flexibility index (Phi) is 5.99. The number of hydrogen-bond donors (Lipinski definition) is 0. The fraction of sp³-hybridized carbons (Fsp3) is 0.143. The molecule has 16 heavy (non-hydrogen) atoms. The molecular formula is C14H14OZn. The molecule has 0 aliphatic heterocycles. The molecule has 0 fully saturated rings. The monoisotopic (exact) mass is 262 g/mol. The SMILES string of the molecule is [Zn].c1ccc(COCc2ccccc2)cc1. The van der Waals surface area contributed by atoms with Crippen molar-refractivity contribution in [1.82, 2.24) is 0 Å². The molecule has 0 radical (unpaired) electrons. The van der Waals surface area contributed by atoms with Crippen molar-refractivity contribution in [2.75, 3.05) is 0 Å². The molecule has 0 aliphatic carbocycles. The predicted molar refractivity (Wildman–Crippen MR) is 61.4 cm³/mol. The van der Waals surface area contributed by atoms with Crippen LogP contribution in [-0.2, 0) is 37.4 Å². The van der Waals surface area contributed by atoms with Gasteiger partial charge in [-0.3, -0.25) is 0 Å². The standard InChI is InChI=1S/C14H14O.Zn/c1-3-7-13(8-4-1)11-15-12-14-9-5-2-6-10-14;/h1-10H,11-12H2;. The smallest absolute Gasteiger partial charge is 0.0721 e. The van der Waals surface area contributed by atoms with Gasteiger partial charge in [-0.2, -0.15) is 0 Å². The van der Waals surface area contributed by atoms with E-state index in [9.17, 15) is 0 Å². The largest absolute Gasteiger partial charge is 0.372 e. The van der Waals surface area contributed by atoms with Crippen LogP contribution >= 0.6 is 0 Å². The predicted octanol–water partition coefficient (Wildman–Crippen LogP) is 3.40. The van der Waals surface area contributed by atoms with Crippen LogP contribution in [0.5, 0.6) is 0 Å². The van der Waals surface area contributed by atoms with E-state index in [1.807, 2.05) is 36.4 Å². The van der Waals surface area contributed by atoms with Gasteiger partial charge in [0.25, 0.3) is 0 Å². The first-order valence-corrected chi connectivity index (χ1v) is 5.11. The second-order valence-electron chi connectivity index (χ2n) is 3.46. The summed E-state index contributed by atoms with van der Waals surface area (Å²) in [6.45, 7) is 1.35. The van der Waals surface area contributed by atoms with Crippen LogP contribution in [0, 0.1) is 0 Å². The Morgan fingerprint density at radius 2 is 1.00 bits per heavy atom. The third-order valence-corrected chi connectivity index (χ3v) is 2.22. The van der Waals surface area contributed by atoms with Crippen molar-refractivity contribution in [2.45, 2.75) is 13.2 Å². The van der Waals surface area contributed by atoms with Crippen LogP contribution in [0.1, 0.15) is 11.1 Å². The van der Waals surface area contributed by atoms with E-state index in [0.717, 1.165) is 0 Å². The summed E-state index contributed by atoms with van der Waals surface area (Å²) in [5.41, 5.74) is 2.43. The second-order valence-corrected chi connectivity index (χ2v) is 3.46. The molecule has 0 amide bonds. The van der Waals surface area contributed by atoms with Crippen LogP contribution in [0.3, 0.4) is 0 Å². The van der Waals surface area contributed by atoms with Gasteiger partial charge in [-0.15, -0.1) is 0 Å².